The van der Waals surface area contributed by atoms with E-state index in [-0.39, 0.29) is 6.42 Å². The van der Waals surface area contributed by atoms with Gasteiger partial charge in [-0.2, -0.15) is 0 Å². The van der Waals surface area contributed by atoms with E-state index in [1.807, 2.05) is 0 Å². The normalized spacial score (nSPS) is 13.1. The number of alkyl halides is 3. The molecule has 0 spiro atoms. The summed E-state index contributed by atoms with van der Waals surface area (Å²) in [6.45, 7) is 8.25. The average Bonchev–Trinajstić information content (AvgIpc) is 2.42. The molecule has 9 heteroatoms. The van der Waals surface area contributed by atoms with Gasteiger partial charge < -0.3 is 19.5 Å². The lowest BCUT2D eigenvalue weighted by molar-refractivity contribution is -0.274. The Labute approximate surface area is 156 Å². The van der Waals surface area contributed by atoms with Crippen LogP contribution in [0.3, 0.4) is 0 Å². The van der Waals surface area contributed by atoms with Gasteiger partial charge in [0, 0.05) is 6.42 Å². The summed E-state index contributed by atoms with van der Waals surface area (Å²) in [5.41, 5.74) is -0.435. The summed E-state index contributed by atoms with van der Waals surface area (Å²) in [7, 11) is 0. The van der Waals surface area contributed by atoms with E-state index in [0.29, 0.717) is 5.56 Å². The van der Waals surface area contributed by atoms with Crippen molar-refractivity contribution in [2.24, 2.45) is 0 Å². The molecule has 0 fully saturated rings. The zero-order valence-electron chi connectivity index (χ0n) is 15.8. The molecule has 0 aliphatic rings. The third-order valence-corrected chi connectivity index (χ3v) is 2.90. The van der Waals surface area contributed by atoms with Gasteiger partial charge in [-0.25, -0.2) is 9.59 Å². The number of benzene rings is 1. The second-order valence-corrected chi connectivity index (χ2v) is 7.08. The molecule has 1 rings (SSSR count). The number of alkyl carbamates (subject to hydrolysis) is 1. The fraction of sp³-hybridized carbons (Fsp3) is 0.556. The zero-order valence-corrected chi connectivity index (χ0v) is 15.8. The van der Waals surface area contributed by atoms with Crippen LogP contribution in [0.1, 0.15) is 40.2 Å². The first-order chi connectivity index (χ1) is 12.2. The summed E-state index contributed by atoms with van der Waals surface area (Å²) in [6, 6.07) is 4.01. The fourth-order valence-corrected chi connectivity index (χ4v) is 2.06. The van der Waals surface area contributed by atoms with Crippen LogP contribution >= 0.6 is 0 Å². The molecule has 1 atom stereocenters. The lowest BCUT2D eigenvalue weighted by Gasteiger charge is -2.23. The molecule has 0 aliphatic heterocycles. The third kappa shape index (κ3) is 9.72. The molecule has 1 aromatic rings. The standard InChI is InChI=1S/C18H24F3NO5/c1-11(2)25-15(23)14(22-16(24)27-17(3,4)5)10-12-7-6-8-13(9-12)26-18(19,20)21/h6-9,11,14H,10H2,1-5H3,(H,22,24). The van der Waals surface area contributed by atoms with Crippen molar-refractivity contribution < 1.29 is 37.0 Å². The maximum atomic E-state index is 12.4. The van der Waals surface area contributed by atoms with Gasteiger partial charge in [-0.1, -0.05) is 12.1 Å². The van der Waals surface area contributed by atoms with E-state index < -0.39 is 41.9 Å². The molecule has 0 saturated carbocycles. The van der Waals surface area contributed by atoms with Gasteiger partial charge in [0.2, 0.25) is 0 Å². The van der Waals surface area contributed by atoms with Crippen molar-refractivity contribution in [1.82, 2.24) is 5.32 Å². The minimum atomic E-state index is -4.83. The van der Waals surface area contributed by atoms with E-state index in [2.05, 4.69) is 10.1 Å². The van der Waals surface area contributed by atoms with Crippen LogP contribution in [0, 0.1) is 0 Å². The lowest BCUT2D eigenvalue weighted by Crippen LogP contribution is -2.46. The number of carbonyl (C=O) groups excluding carboxylic acids is 2. The molecule has 0 heterocycles. The van der Waals surface area contributed by atoms with E-state index in [1.165, 1.54) is 12.1 Å². The highest BCUT2D eigenvalue weighted by Gasteiger charge is 2.31. The topological polar surface area (TPSA) is 73.9 Å². The van der Waals surface area contributed by atoms with Crippen molar-refractivity contribution in [2.75, 3.05) is 0 Å². The summed E-state index contributed by atoms with van der Waals surface area (Å²) in [5.74, 6) is -1.15. The Morgan fingerprint density at radius 3 is 2.30 bits per heavy atom. The van der Waals surface area contributed by atoms with Crippen molar-refractivity contribution in [3.05, 3.63) is 29.8 Å². The van der Waals surface area contributed by atoms with Crippen molar-refractivity contribution in [3.63, 3.8) is 0 Å². The van der Waals surface area contributed by atoms with E-state index in [4.69, 9.17) is 9.47 Å². The van der Waals surface area contributed by atoms with Crippen molar-refractivity contribution in [1.29, 1.82) is 0 Å². The smallest absolute Gasteiger partial charge is 0.461 e. The van der Waals surface area contributed by atoms with Crippen LogP contribution in [0.5, 0.6) is 5.75 Å². The molecule has 27 heavy (non-hydrogen) atoms. The molecule has 6 nitrogen and oxygen atoms in total. The number of amides is 1. The summed E-state index contributed by atoms with van der Waals surface area (Å²) in [5, 5.41) is 2.40. The minimum absolute atomic E-state index is 0.0974. The van der Waals surface area contributed by atoms with Crippen LogP contribution in [0.25, 0.3) is 0 Å². The highest BCUT2D eigenvalue weighted by atomic mass is 19.4. The molecular formula is C18H24F3NO5. The molecule has 152 valence electrons. The molecule has 1 N–H and O–H groups in total. The van der Waals surface area contributed by atoms with Gasteiger partial charge in [0.1, 0.15) is 17.4 Å². The van der Waals surface area contributed by atoms with E-state index in [0.717, 1.165) is 12.1 Å². The predicted molar refractivity (Wildman–Crippen MR) is 91.2 cm³/mol. The number of esters is 1. The first kappa shape index (κ1) is 22.6. The second kappa shape index (κ2) is 8.96. The molecular weight excluding hydrogens is 367 g/mol. The van der Waals surface area contributed by atoms with Gasteiger partial charge in [-0.3, -0.25) is 0 Å². The number of rotatable bonds is 6. The first-order valence-electron chi connectivity index (χ1n) is 8.30. The van der Waals surface area contributed by atoms with Crippen LogP contribution in [0.4, 0.5) is 18.0 Å². The van der Waals surface area contributed by atoms with Gasteiger partial charge >= 0.3 is 18.4 Å². The molecule has 0 radical (unpaired) electrons. The van der Waals surface area contributed by atoms with Gasteiger partial charge in [-0.15, -0.1) is 13.2 Å². The van der Waals surface area contributed by atoms with Crippen LogP contribution in [0.15, 0.2) is 24.3 Å². The zero-order chi connectivity index (χ0) is 20.8. The number of ether oxygens (including phenoxy) is 3. The largest absolute Gasteiger partial charge is 0.573 e. The van der Waals surface area contributed by atoms with E-state index in [9.17, 15) is 22.8 Å². The number of halogens is 3. The Balaban J connectivity index is 2.95. The monoisotopic (exact) mass is 391 g/mol. The Kier molecular flexibility index (Phi) is 7.50. The quantitative estimate of drug-likeness (QED) is 0.743. The lowest BCUT2D eigenvalue weighted by atomic mass is 10.1. The molecule has 1 aromatic carbocycles. The van der Waals surface area contributed by atoms with Gasteiger partial charge in [0.15, 0.2) is 0 Å². The van der Waals surface area contributed by atoms with Crippen molar-refractivity contribution >= 4 is 12.1 Å². The fourth-order valence-electron chi connectivity index (χ4n) is 2.06. The van der Waals surface area contributed by atoms with Crippen LogP contribution < -0.4 is 10.1 Å². The maximum absolute atomic E-state index is 12.4. The molecule has 0 aliphatic carbocycles. The van der Waals surface area contributed by atoms with Crippen LogP contribution in [-0.4, -0.2) is 36.2 Å². The summed E-state index contributed by atoms with van der Waals surface area (Å²) in [6.07, 6.45) is -6.19. The minimum Gasteiger partial charge on any atom is -0.461 e. The highest BCUT2D eigenvalue weighted by molar-refractivity contribution is 5.82. The van der Waals surface area contributed by atoms with Crippen LogP contribution in [0.2, 0.25) is 0 Å². The highest BCUT2D eigenvalue weighted by Crippen LogP contribution is 2.24. The Hall–Kier alpha value is -2.45. The number of hydrogen-bond donors (Lipinski definition) is 1. The SMILES string of the molecule is CC(C)OC(=O)C(Cc1cccc(OC(F)(F)F)c1)NC(=O)OC(C)(C)C. The number of carbonyl (C=O) groups is 2. The third-order valence-electron chi connectivity index (χ3n) is 2.90. The Morgan fingerprint density at radius 2 is 1.78 bits per heavy atom. The Morgan fingerprint density at radius 1 is 1.15 bits per heavy atom. The first-order valence-corrected chi connectivity index (χ1v) is 8.30. The van der Waals surface area contributed by atoms with Crippen molar-refractivity contribution in [2.45, 2.75) is 65.1 Å². The number of nitrogens with one attached hydrogen (secondary N) is 1. The summed E-state index contributed by atoms with van der Waals surface area (Å²) in [4.78, 5) is 24.3. The van der Waals surface area contributed by atoms with Gasteiger partial charge in [-0.05, 0) is 52.3 Å². The maximum Gasteiger partial charge on any atom is 0.573 e. The molecule has 0 bridgehead atoms. The molecule has 0 saturated heterocycles. The Bertz CT molecular complexity index is 653. The van der Waals surface area contributed by atoms with Crippen molar-refractivity contribution in [3.8, 4) is 5.75 Å². The van der Waals surface area contributed by atoms with Crippen LogP contribution in [-0.2, 0) is 20.7 Å². The number of hydrogen-bond acceptors (Lipinski definition) is 5. The predicted octanol–water partition coefficient (Wildman–Crippen LogP) is 3.97. The molecule has 1 amide bonds. The van der Waals surface area contributed by atoms with E-state index >= 15 is 0 Å². The van der Waals surface area contributed by atoms with Gasteiger partial charge in [0.05, 0.1) is 6.10 Å². The summed E-state index contributed by atoms with van der Waals surface area (Å²) >= 11 is 0. The van der Waals surface area contributed by atoms with Gasteiger partial charge in [0.25, 0.3) is 0 Å². The van der Waals surface area contributed by atoms with E-state index in [1.54, 1.807) is 34.6 Å². The summed E-state index contributed by atoms with van der Waals surface area (Å²) < 4.78 is 51.2. The average molecular weight is 391 g/mol. The molecule has 1 unspecified atom stereocenters. The molecule has 0 aromatic heterocycles. The second-order valence-electron chi connectivity index (χ2n) is 7.08.